The summed E-state index contributed by atoms with van der Waals surface area (Å²) in [6.45, 7) is 0. The molecule has 0 aliphatic carbocycles. The molecule has 0 aromatic carbocycles. The normalized spacial score (nSPS) is 9.53. The molecule has 0 saturated carbocycles. The van der Waals surface area contributed by atoms with Gasteiger partial charge in [0.05, 0.1) is 11.6 Å². The van der Waals surface area contributed by atoms with Crippen LogP contribution in [0, 0.1) is 0 Å². The van der Waals surface area contributed by atoms with Gasteiger partial charge in [0.25, 0.3) is 5.91 Å². The lowest BCUT2D eigenvalue weighted by molar-refractivity contribution is 0.0592. The van der Waals surface area contributed by atoms with E-state index in [1.165, 1.54) is 20.2 Å². The highest BCUT2D eigenvalue weighted by Gasteiger charge is 2.15. The average molecular weight is 273 g/mol. The minimum atomic E-state index is -0.590. The van der Waals surface area contributed by atoms with Gasteiger partial charge in [-0.2, -0.15) is 0 Å². The minimum Gasteiger partial charge on any atom is -0.464 e. The number of hydrogen-bond donors (Lipinski definition) is 1. The lowest BCUT2D eigenvalue weighted by atomic mass is 10.3. The van der Waals surface area contributed by atoms with Crippen LogP contribution in [0.1, 0.15) is 21.0 Å². The lowest BCUT2D eigenvalue weighted by Gasteiger charge is -2.04. The predicted molar refractivity (Wildman–Crippen MR) is 56.7 cm³/mol. The van der Waals surface area contributed by atoms with E-state index in [1.54, 1.807) is 6.07 Å². The van der Waals surface area contributed by atoms with Gasteiger partial charge in [0.15, 0.2) is 5.69 Å². The Bertz CT molecular complexity index is 406. The van der Waals surface area contributed by atoms with Crippen molar-refractivity contribution in [3.05, 3.63) is 28.0 Å². The maximum absolute atomic E-state index is 11.3. The summed E-state index contributed by atoms with van der Waals surface area (Å²) in [6, 6.07) is 3.08. The van der Waals surface area contributed by atoms with Crippen molar-refractivity contribution in [2.45, 2.75) is 0 Å². The number of rotatable bonds is 2. The number of ether oxygens (including phenoxy) is 1. The van der Waals surface area contributed by atoms with Crippen LogP contribution in [0.3, 0.4) is 0 Å². The number of nitrogens with zero attached hydrogens (tertiary/aromatic N) is 1. The van der Waals surface area contributed by atoms with Crippen LogP contribution < -0.4 is 5.32 Å². The Morgan fingerprint density at radius 2 is 2.13 bits per heavy atom. The molecule has 0 unspecified atom stereocenters. The summed E-state index contributed by atoms with van der Waals surface area (Å²) < 4.78 is 5.01. The van der Waals surface area contributed by atoms with E-state index in [4.69, 9.17) is 0 Å². The number of hydrogen-bond acceptors (Lipinski definition) is 4. The van der Waals surface area contributed by atoms with Crippen molar-refractivity contribution in [3.63, 3.8) is 0 Å². The highest BCUT2D eigenvalue weighted by molar-refractivity contribution is 9.10. The molecule has 5 nitrogen and oxygen atoms in total. The molecule has 1 heterocycles. The van der Waals surface area contributed by atoms with Gasteiger partial charge in [-0.25, -0.2) is 9.78 Å². The van der Waals surface area contributed by atoms with E-state index < -0.39 is 5.97 Å². The fourth-order valence-electron chi connectivity index (χ4n) is 0.937. The van der Waals surface area contributed by atoms with Crippen molar-refractivity contribution in [2.75, 3.05) is 14.2 Å². The summed E-state index contributed by atoms with van der Waals surface area (Å²) in [7, 11) is 2.74. The molecule has 0 fully saturated rings. The molecular weight excluding hydrogens is 264 g/mol. The number of carbonyl (C=O) groups excluding carboxylic acids is 2. The number of methoxy groups -OCH3 is 1. The second-order valence-corrected chi connectivity index (χ2v) is 3.45. The minimum absolute atomic E-state index is 0.0820. The Balaban J connectivity index is 3.16. The molecule has 1 N–H and O–H groups in total. The van der Waals surface area contributed by atoms with Crippen LogP contribution in [0.25, 0.3) is 0 Å². The highest BCUT2D eigenvalue weighted by atomic mass is 79.9. The van der Waals surface area contributed by atoms with Crippen molar-refractivity contribution >= 4 is 27.8 Å². The smallest absolute Gasteiger partial charge is 0.357 e. The predicted octanol–water partition coefficient (Wildman–Crippen LogP) is 0.990. The van der Waals surface area contributed by atoms with E-state index in [1.807, 2.05) is 0 Å². The Labute approximate surface area is 95.0 Å². The van der Waals surface area contributed by atoms with E-state index in [-0.39, 0.29) is 17.3 Å². The van der Waals surface area contributed by atoms with Gasteiger partial charge in [-0.1, -0.05) is 0 Å². The van der Waals surface area contributed by atoms with Crippen LogP contribution in [0.5, 0.6) is 0 Å². The molecule has 15 heavy (non-hydrogen) atoms. The molecule has 6 heteroatoms. The van der Waals surface area contributed by atoms with Crippen LogP contribution >= 0.6 is 15.9 Å². The highest BCUT2D eigenvalue weighted by Crippen LogP contribution is 2.15. The van der Waals surface area contributed by atoms with Gasteiger partial charge in [0.1, 0.15) is 5.69 Å². The van der Waals surface area contributed by atoms with Crippen molar-refractivity contribution in [1.29, 1.82) is 0 Å². The Kier molecular flexibility index (Phi) is 3.79. The summed E-state index contributed by atoms with van der Waals surface area (Å²) >= 11 is 3.15. The van der Waals surface area contributed by atoms with Gasteiger partial charge in [0.2, 0.25) is 0 Å². The number of amides is 1. The Morgan fingerprint density at radius 1 is 1.47 bits per heavy atom. The topological polar surface area (TPSA) is 68.3 Å². The first-order valence-electron chi connectivity index (χ1n) is 4.07. The molecule has 1 aromatic heterocycles. The largest absolute Gasteiger partial charge is 0.464 e. The number of esters is 1. The zero-order valence-electron chi connectivity index (χ0n) is 8.20. The molecule has 0 aliphatic heterocycles. The fraction of sp³-hybridized carbons (Fsp3) is 0.222. The molecule has 0 radical (unpaired) electrons. The SMILES string of the molecule is CNC(=O)c1ccc(Br)c(C(=O)OC)n1. The first-order chi connectivity index (χ1) is 7.10. The zero-order chi connectivity index (χ0) is 11.4. The van der Waals surface area contributed by atoms with Crippen molar-refractivity contribution < 1.29 is 14.3 Å². The van der Waals surface area contributed by atoms with Gasteiger partial charge >= 0.3 is 5.97 Å². The summed E-state index contributed by atoms with van der Waals surface area (Å²) in [6.07, 6.45) is 0. The van der Waals surface area contributed by atoms with Crippen LogP contribution in [0.15, 0.2) is 16.6 Å². The molecule has 0 saturated heterocycles. The summed E-state index contributed by atoms with van der Waals surface area (Å²) in [5, 5.41) is 2.42. The first-order valence-corrected chi connectivity index (χ1v) is 4.86. The van der Waals surface area contributed by atoms with E-state index in [2.05, 4.69) is 31.0 Å². The van der Waals surface area contributed by atoms with E-state index in [0.29, 0.717) is 4.47 Å². The van der Waals surface area contributed by atoms with Crippen LogP contribution in [0.2, 0.25) is 0 Å². The summed E-state index contributed by atoms with van der Waals surface area (Å²) in [4.78, 5) is 26.4. The third-order valence-corrected chi connectivity index (χ3v) is 2.32. The second kappa shape index (κ2) is 4.88. The lowest BCUT2D eigenvalue weighted by Crippen LogP contribution is -2.20. The molecule has 1 amide bonds. The summed E-state index contributed by atoms with van der Waals surface area (Å²) in [5.74, 6) is -0.944. The number of halogens is 1. The van der Waals surface area contributed by atoms with Crippen molar-refractivity contribution in [3.8, 4) is 0 Å². The maximum Gasteiger partial charge on any atom is 0.357 e. The molecule has 80 valence electrons. The molecule has 0 bridgehead atoms. The van der Waals surface area contributed by atoms with Crippen LogP contribution in [0.4, 0.5) is 0 Å². The van der Waals surface area contributed by atoms with Gasteiger partial charge < -0.3 is 10.1 Å². The Morgan fingerprint density at radius 3 is 2.67 bits per heavy atom. The zero-order valence-corrected chi connectivity index (χ0v) is 9.79. The third-order valence-electron chi connectivity index (χ3n) is 1.68. The van der Waals surface area contributed by atoms with E-state index in [0.717, 1.165) is 0 Å². The number of nitrogens with one attached hydrogen (secondary N) is 1. The molecule has 0 spiro atoms. The van der Waals surface area contributed by atoms with Gasteiger partial charge in [-0.15, -0.1) is 0 Å². The number of aromatic nitrogens is 1. The molecule has 0 atom stereocenters. The quantitative estimate of drug-likeness (QED) is 0.816. The standard InChI is InChI=1S/C9H9BrN2O3/c1-11-8(13)6-4-3-5(10)7(12-6)9(14)15-2/h3-4H,1-2H3,(H,11,13). The van der Waals surface area contributed by atoms with E-state index in [9.17, 15) is 9.59 Å². The average Bonchev–Trinajstić information content (AvgIpc) is 2.27. The molecule has 1 aromatic rings. The molecule has 1 rings (SSSR count). The van der Waals surface area contributed by atoms with Crippen molar-refractivity contribution in [2.24, 2.45) is 0 Å². The van der Waals surface area contributed by atoms with Crippen molar-refractivity contribution in [1.82, 2.24) is 10.3 Å². The first kappa shape index (κ1) is 11.6. The fourth-order valence-corrected chi connectivity index (χ4v) is 1.32. The third kappa shape index (κ3) is 2.53. The molecule has 0 aliphatic rings. The van der Waals surface area contributed by atoms with Crippen LogP contribution in [-0.2, 0) is 4.74 Å². The van der Waals surface area contributed by atoms with Gasteiger partial charge in [-0.3, -0.25) is 4.79 Å². The maximum atomic E-state index is 11.3. The van der Waals surface area contributed by atoms with Crippen LogP contribution in [-0.4, -0.2) is 31.0 Å². The van der Waals surface area contributed by atoms with Gasteiger partial charge in [-0.05, 0) is 28.1 Å². The van der Waals surface area contributed by atoms with Gasteiger partial charge in [0, 0.05) is 7.05 Å². The monoisotopic (exact) mass is 272 g/mol. The number of carbonyl (C=O) groups is 2. The second-order valence-electron chi connectivity index (χ2n) is 2.60. The van der Waals surface area contributed by atoms with E-state index >= 15 is 0 Å². The molecular formula is C9H9BrN2O3. The Hall–Kier alpha value is -1.43. The number of pyridine rings is 1. The summed E-state index contributed by atoms with van der Waals surface area (Å²) in [5.41, 5.74) is 0.250.